The smallest absolute Gasteiger partial charge is 0.248 e. The van der Waals surface area contributed by atoms with Crippen molar-refractivity contribution in [3.05, 3.63) is 66.4 Å². The second-order valence-corrected chi connectivity index (χ2v) is 9.74. The van der Waals surface area contributed by atoms with Crippen LogP contribution in [0.3, 0.4) is 0 Å². The zero-order valence-electron chi connectivity index (χ0n) is 18.5. The maximum atomic E-state index is 13.1. The Morgan fingerprint density at radius 1 is 1.12 bits per heavy atom. The van der Waals surface area contributed by atoms with Gasteiger partial charge in [0.25, 0.3) is 0 Å². The van der Waals surface area contributed by atoms with Gasteiger partial charge in [-0.2, -0.15) is 4.31 Å². The van der Waals surface area contributed by atoms with Crippen molar-refractivity contribution in [3.8, 4) is 5.75 Å². The lowest BCUT2D eigenvalue weighted by Gasteiger charge is -2.26. The first-order chi connectivity index (χ1) is 16.0. The van der Waals surface area contributed by atoms with Gasteiger partial charge in [-0.15, -0.1) is 0 Å². The molecule has 0 bridgehead atoms. The minimum atomic E-state index is -3.63. The second-order valence-electron chi connectivity index (χ2n) is 7.80. The van der Waals surface area contributed by atoms with Gasteiger partial charge in [0.15, 0.2) is 0 Å². The summed E-state index contributed by atoms with van der Waals surface area (Å²) in [4.78, 5) is 17.2. The fraction of sp³-hybridized carbons (Fsp3) is 0.280. The van der Waals surface area contributed by atoms with Gasteiger partial charge in [0.1, 0.15) is 5.75 Å². The van der Waals surface area contributed by atoms with E-state index in [2.05, 4.69) is 10.3 Å². The van der Waals surface area contributed by atoms with E-state index in [0.29, 0.717) is 31.1 Å². The standard InChI is InChI=1S/C25H27N3O4S/c1-2-32-23-13-12-21(33(30,31)28-16-4-3-5-17-28)18-22(23)27-24(29)14-11-20-9-6-8-19-10-7-15-26-25(19)20/h6-15,18H,2-5,16-17H2,1H3,(H,27,29)/b14-11+. The van der Waals surface area contributed by atoms with Crippen molar-refractivity contribution in [1.29, 1.82) is 0 Å². The van der Waals surface area contributed by atoms with Crippen LogP contribution in [0.25, 0.3) is 17.0 Å². The molecule has 2 heterocycles. The number of para-hydroxylation sites is 1. The molecule has 1 saturated heterocycles. The molecule has 0 spiro atoms. The molecule has 0 saturated carbocycles. The van der Waals surface area contributed by atoms with E-state index in [0.717, 1.165) is 35.7 Å². The molecule has 33 heavy (non-hydrogen) atoms. The number of anilines is 1. The average Bonchev–Trinajstić information content (AvgIpc) is 2.84. The molecule has 3 aromatic rings. The van der Waals surface area contributed by atoms with E-state index >= 15 is 0 Å². The van der Waals surface area contributed by atoms with Crippen LogP contribution in [0.1, 0.15) is 31.7 Å². The normalized spacial score (nSPS) is 15.1. The van der Waals surface area contributed by atoms with Crippen molar-refractivity contribution >= 4 is 38.6 Å². The molecule has 0 radical (unpaired) electrons. The minimum Gasteiger partial charge on any atom is -0.492 e. The summed E-state index contributed by atoms with van der Waals surface area (Å²) in [6.07, 6.45) is 7.56. The lowest BCUT2D eigenvalue weighted by atomic mass is 10.1. The molecule has 1 N–H and O–H groups in total. The van der Waals surface area contributed by atoms with Crippen LogP contribution in [0.4, 0.5) is 5.69 Å². The van der Waals surface area contributed by atoms with E-state index in [1.807, 2.05) is 37.3 Å². The van der Waals surface area contributed by atoms with E-state index in [-0.39, 0.29) is 4.90 Å². The highest BCUT2D eigenvalue weighted by Gasteiger charge is 2.27. The quantitative estimate of drug-likeness (QED) is 0.521. The number of benzene rings is 2. The third kappa shape index (κ3) is 5.23. The number of carbonyl (C=O) groups is 1. The first-order valence-corrected chi connectivity index (χ1v) is 12.5. The zero-order valence-corrected chi connectivity index (χ0v) is 19.3. The molecule has 1 amide bonds. The molecular formula is C25H27N3O4S. The van der Waals surface area contributed by atoms with Crippen LogP contribution in [0, 0.1) is 0 Å². The molecule has 4 rings (SSSR count). The number of rotatable bonds is 7. The Bertz CT molecular complexity index is 1280. The molecule has 2 aromatic carbocycles. The molecule has 0 unspecified atom stereocenters. The van der Waals surface area contributed by atoms with Crippen molar-refractivity contribution in [2.75, 3.05) is 25.0 Å². The number of amides is 1. The maximum Gasteiger partial charge on any atom is 0.248 e. The number of carbonyl (C=O) groups excluding carboxylic acids is 1. The lowest BCUT2D eigenvalue weighted by molar-refractivity contribution is -0.111. The first-order valence-electron chi connectivity index (χ1n) is 11.1. The molecule has 1 aliphatic rings. The zero-order chi connectivity index (χ0) is 23.3. The fourth-order valence-corrected chi connectivity index (χ4v) is 5.45. The summed E-state index contributed by atoms with van der Waals surface area (Å²) in [6.45, 7) is 3.24. The van der Waals surface area contributed by atoms with Crippen LogP contribution in [-0.2, 0) is 14.8 Å². The van der Waals surface area contributed by atoms with Crippen LogP contribution in [-0.4, -0.2) is 43.3 Å². The molecule has 1 aromatic heterocycles. The van der Waals surface area contributed by atoms with Crippen LogP contribution in [0.2, 0.25) is 0 Å². The van der Waals surface area contributed by atoms with Gasteiger partial charge in [-0.25, -0.2) is 8.42 Å². The van der Waals surface area contributed by atoms with Gasteiger partial charge in [-0.05, 0) is 50.1 Å². The Balaban J connectivity index is 1.58. The monoisotopic (exact) mass is 465 g/mol. The Labute approximate surface area is 194 Å². The van der Waals surface area contributed by atoms with Crippen molar-refractivity contribution in [1.82, 2.24) is 9.29 Å². The lowest BCUT2D eigenvalue weighted by Crippen LogP contribution is -2.35. The minimum absolute atomic E-state index is 0.144. The van der Waals surface area contributed by atoms with Crippen LogP contribution < -0.4 is 10.1 Å². The summed E-state index contributed by atoms with van der Waals surface area (Å²) in [5, 5.41) is 3.76. The van der Waals surface area contributed by atoms with Gasteiger partial charge in [-0.3, -0.25) is 9.78 Å². The molecule has 1 fully saturated rings. The highest BCUT2D eigenvalue weighted by atomic mass is 32.2. The number of hydrogen-bond acceptors (Lipinski definition) is 5. The average molecular weight is 466 g/mol. The number of sulfonamides is 1. The SMILES string of the molecule is CCOc1ccc(S(=O)(=O)N2CCCCC2)cc1NC(=O)/C=C/c1cccc2cccnc12. The Morgan fingerprint density at radius 2 is 1.91 bits per heavy atom. The highest BCUT2D eigenvalue weighted by molar-refractivity contribution is 7.89. The number of nitrogens with one attached hydrogen (secondary N) is 1. The van der Waals surface area contributed by atoms with Crippen LogP contribution in [0.5, 0.6) is 5.75 Å². The summed E-state index contributed by atoms with van der Waals surface area (Å²) in [7, 11) is -3.63. The van der Waals surface area contributed by atoms with Crippen molar-refractivity contribution in [2.45, 2.75) is 31.1 Å². The van der Waals surface area contributed by atoms with E-state index in [1.165, 1.54) is 22.5 Å². The van der Waals surface area contributed by atoms with E-state index in [9.17, 15) is 13.2 Å². The summed E-state index contributed by atoms with van der Waals surface area (Å²) in [5.41, 5.74) is 1.93. The topological polar surface area (TPSA) is 88.6 Å². The van der Waals surface area contributed by atoms with Crippen LogP contribution >= 0.6 is 0 Å². The molecule has 8 heteroatoms. The Kier molecular flexibility index (Phi) is 7.05. The van der Waals surface area contributed by atoms with E-state index in [4.69, 9.17) is 4.74 Å². The molecular weight excluding hydrogens is 438 g/mol. The summed E-state index contributed by atoms with van der Waals surface area (Å²) < 4.78 is 33.3. The third-order valence-corrected chi connectivity index (χ3v) is 7.43. The third-order valence-electron chi connectivity index (χ3n) is 5.54. The van der Waals surface area contributed by atoms with Crippen molar-refractivity contribution in [3.63, 3.8) is 0 Å². The number of nitrogens with zero attached hydrogens (tertiary/aromatic N) is 2. The van der Waals surface area contributed by atoms with Gasteiger partial charge < -0.3 is 10.1 Å². The number of hydrogen-bond donors (Lipinski definition) is 1. The largest absolute Gasteiger partial charge is 0.492 e. The van der Waals surface area contributed by atoms with Gasteiger partial charge in [-0.1, -0.05) is 30.7 Å². The molecule has 0 aliphatic carbocycles. The predicted molar refractivity (Wildman–Crippen MR) is 130 cm³/mol. The Morgan fingerprint density at radius 3 is 2.70 bits per heavy atom. The summed E-state index contributed by atoms with van der Waals surface area (Å²) >= 11 is 0. The Hall–Kier alpha value is -3.23. The fourth-order valence-electron chi connectivity index (χ4n) is 3.91. The first kappa shape index (κ1) is 22.9. The highest BCUT2D eigenvalue weighted by Crippen LogP contribution is 2.30. The molecule has 1 aliphatic heterocycles. The second kappa shape index (κ2) is 10.1. The molecule has 7 nitrogen and oxygen atoms in total. The van der Waals surface area contributed by atoms with Crippen LogP contribution in [0.15, 0.2) is 65.7 Å². The molecule has 172 valence electrons. The number of ether oxygens (including phenoxy) is 1. The summed E-state index contributed by atoms with van der Waals surface area (Å²) in [6, 6.07) is 14.2. The van der Waals surface area contributed by atoms with Gasteiger partial charge in [0.05, 0.1) is 22.7 Å². The number of pyridine rings is 1. The van der Waals surface area contributed by atoms with Gasteiger partial charge in [0.2, 0.25) is 15.9 Å². The van der Waals surface area contributed by atoms with Crippen molar-refractivity contribution < 1.29 is 17.9 Å². The molecule has 0 atom stereocenters. The summed E-state index contributed by atoms with van der Waals surface area (Å²) in [5.74, 6) is 0.0279. The maximum absolute atomic E-state index is 13.1. The number of aromatic nitrogens is 1. The van der Waals surface area contributed by atoms with Gasteiger partial charge >= 0.3 is 0 Å². The van der Waals surface area contributed by atoms with Crippen molar-refractivity contribution in [2.24, 2.45) is 0 Å². The number of piperidine rings is 1. The van der Waals surface area contributed by atoms with Gasteiger partial charge in [0, 0.05) is 36.3 Å². The van der Waals surface area contributed by atoms with E-state index < -0.39 is 15.9 Å². The van der Waals surface area contributed by atoms with E-state index in [1.54, 1.807) is 18.3 Å². The predicted octanol–water partition coefficient (Wildman–Crippen LogP) is 4.46. The number of fused-ring (bicyclic) bond motifs is 1.